The second-order valence-corrected chi connectivity index (χ2v) is 3.29. The number of aliphatic hydroxyl groups is 1. The average molecular weight is 220 g/mol. The lowest BCUT2D eigenvalue weighted by atomic mass is 10.0. The van der Waals surface area contributed by atoms with Crippen LogP contribution in [0.25, 0.3) is 0 Å². The summed E-state index contributed by atoms with van der Waals surface area (Å²) in [6.45, 7) is 3.41. The van der Waals surface area contributed by atoms with Crippen molar-refractivity contribution in [3.63, 3.8) is 0 Å². The van der Waals surface area contributed by atoms with E-state index < -0.39 is 12.1 Å². The number of benzene rings is 1. The van der Waals surface area contributed by atoms with E-state index in [-0.39, 0.29) is 18.2 Å². The molecule has 0 fully saturated rings. The second-order valence-electron chi connectivity index (χ2n) is 3.29. The number of aliphatic hydroxyl groups excluding tert-OH is 1. The van der Waals surface area contributed by atoms with Crippen LogP contribution in [0, 0.1) is 12.7 Å². The van der Waals surface area contributed by atoms with Crippen LogP contribution in [0.4, 0.5) is 4.39 Å². The second kappa shape index (κ2) is 5.29. The van der Waals surface area contributed by atoms with E-state index >= 15 is 0 Å². The molecule has 0 unspecified atom stereocenters. The van der Waals surface area contributed by atoms with E-state index in [1.807, 2.05) is 6.92 Å². The zero-order valence-electron chi connectivity index (χ0n) is 8.20. The van der Waals surface area contributed by atoms with Gasteiger partial charge >= 0.3 is 0 Å². The molecule has 3 N–H and O–H groups in total. The first-order valence-corrected chi connectivity index (χ1v) is 4.22. The zero-order chi connectivity index (χ0) is 10.0. The van der Waals surface area contributed by atoms with E-state index in [0.717, 1.165) is 5.56 Å². The van der Waals surface area contributed by atoms with Gasteiger partial charge in [0.05, 0.1) is 12.1 Å². The molecule has 0 radical (unpaired) electrons. The van der Waals surface area contributed by atoms with Crippen molar-refractivity contribution in [2.75, 3.05) is 0 Å². The molecule has 1 aromatic rings. The van der Waals surface area contributed by atoms with Gasteiger partial charge in [0, 0.05) is 5.56 Å². The first-order chi connectivity index (χ1) is 6.02. The SMILES string of the molecule is Cc1ccc(F)c([C@H](N)[C@@H](C)O)c1.Cl. The van der Waals surface area contributed by atoms with Crippen LogP contribution >= 0.6 is 12.4 Å². The minimum atomic E-state index is -0.740. The van der Waals surface area contributed by atoms with Crippen molar-refractivity contribution in [3.8, 4) is 0 Å². The van der Waals surface area contributed by atoms with E-state index in [4.69, 9.17) is 5.73 Å². The minimum absolute atomic E-state index is 0. The molecule has 2 nitrogen and oxygen atoms in total. The summed E-state index contributed by atoms with van der Waals surface area (Å²) in [5, 5.41) is 9.20. The normalized spacial score (nSPS) is 14.4. The van der Waals surface area contributed by atoms with E-state index in [1.165, 1.54) is 6.07 Å². The Morgan fingerprint density at radius 1 is 1.43 bits per heavy atom. The molecular formula is C10H15ClFNO. The summed E-state index contributed by atoms with van der Waals surface area (Å²) in [6.07, 6.45) is -0.740. The van der Waals surface area contributed by atoms with Gasteiger partial charge in [-0.05, 0) is 19.9 Å². The van der Waals surface area contributed by atoms with Crippen LogP contribution < -0.4 is 5.73 Å². The summed E-state index contributed by atoms with van der Waals surface area (Å²) in [5.41, 5.74) is 6.93. The van der Waals surface area contributed by atoms with Gasteiger partial charge in [-0.3, -0.25) is 0 Å². The third-order valence-corrected chi connectivity index (χ3v) is 2.03. The van der Waals surface area contributed by atoms with Crippen LogP contribution in [-0.4, -0.2) is 11.2 Å². The van der Waals surface area contributed by atoms with Gasteiger partial charge in [-0.25, -0.2) is 4.39 Å². The van der Waals surface area contributed by atoms with Crippen molar-refractivity contribution in [1.29, 1.82) is 0 Å². The topological polar surface area (TPSA) is 46.2 Å². The van der Waals surface area contributed by atoms with Crippen molar-refractivity contribution in [3.05, 3.63) is 35.1 Å². The molecule has 0 bridgehead atoms. The predicted octanol–water partition coefficient (Wildman–Crippen LogP) is 1.94. The highest BCUT2D eigenvalue weighted by Gasteiger charge is 2.15. The van der Waals surface area contributed by atoms with Crippen LogP contribution in [0.15, 0.2) is 18.2 Å². The Balaban J connectivity index is 0.00000169. The third-order valence-electron chi connectivity index (χ3n) is 2.03. The highest BCUT2D eigenvalue weighted by molar-refractivity contribution is 5.85. The molecular weight excluding hydrogens is 205 g/mol. The predicted molar refractivity (Wildman–Crippen MR) is 57.0 cm³/mol. The van der Waals surface area contributed by atoms with Gasteiger partial charge in [0.25, 0.3) is 0 Å². The van der Waals surface area contributed by atoms with E-state index in [0.29, 0.717) is 5.56 Å². The molecule has 14 heavy (non-hydrogen) atoms. The van der Waals surface area contributed by atoms with Crippen molar-refractivity contribution in [1.82, 2.24) is 0 Å². The maximum atomic E-state index is 13.2. The molecule has 0 spiro atoms. The van der Waals surface area contributed by atoms with Gasteiger partial charge in [0.1, 0.15) is 5.82 Å². The third kappa shape index (κ3) is 2.94. The fraction of sp³-hybridized carbons (Fsp3) is 0.400. The number of hydrogen-bond donors (Lipinski definition) is 2. The molecule has 0 saturated carbocycles. The molecule has 0 aliphatic heterocycles. The van der Waals surface area contributed by atoms with Crippen LogP contribution in [0.1, 0.15) is 24.1 Å². The van der Waals surface area contributed by atoms with Crippen LogP contribution in [0.3, 0.4) is 0 Å². The molecule has 1 aromatic carbocycles. The van der Waals surface area contributed by atoms with Crippen molar-refractivity contribution >= 4 is 12.4 Å². The van der Waals surface area contributed by atoms with E-state index in [1.54, 1.807) is 19.1 Å². The monoisotopic (exact) mass is 219 g/mol. The van der Waals surface area contributed by atoms with Gasteiger partial charge in [-0.1, -0.05) is 17.7 Å². The fourth-order valence-corrected chi connectivity index (χ4v) is 1.18. The number of aryl methyl sites for hydroxylation is 1. The van der Waals surface area contributed by atoms with E-state index in [9.17, 15) is 9.50 Å². The van der Waals surface area contributed by atoms with Crippen LogP contribution in [0.5, 0.6) is 0 Å². The minimum Gasteiger partial charge on any atom is -0.391 e. The summed E-state index contributed by atoms with van der Waals surface area (Å²) in [4.78, 5) is 0. The number of hydrogen-bond acceptors (Lipinski definition) is 2. The summed E-state index contributed by atoms with van der Waals surface area (Å²) in [7, 11) is 0. The van der Waals surface area contributed by atoms with Crippen molar-refractivity contribution in [2.24, 2.45) is 5.73 Å². The highest BCUT2D eigenvalue weighted by atomic mass is 35.5. The maximum absolute atomic E-state index is 13.2. The molecule has 0 aliphatic rings. The van der Waals surface area contributed by atoms with Gasteiger partial charge < -0.3 is 10.8 Å². The lowest BCUT2D eigenvalue weighted by Crippen LogP contribution is -2.24. The Morgan fingerprint density at radius 3 is 2.50 bits per heavy atom. The molecule has 0 heterocycles. The lowest BCUT2D eigenvalue weighted by molar-refractivity contribution is 0.162. The Hall–Kier alpha value is -0.640. The Labute approximate surface area is 89.3 Å². The first kappa shape index (κ1) is 13.4. The largest absolute Gasteiger partial charge is 0.391 e. The molecule has 80 valence electrons. The molecule has 0 aromatic heterocycles. The molecule has 2 atom stereocenters. The fourth-order valence-electron chi connectivity index (χ4n) is 1.18. The molecule has 0 aliphatic carbocycles. The quantitative estimate of drug-likeness (QED) is 0.799. The number of rotatable bonds is 2. The number of nitrogens with two attached hydrogens (primary N) is 1. The van der Waals surface area contributed by atoms with Crippen molar-refractivity contribution in [2.45, 2.75) is 26.0 Å². The van der Waals surface area contributed by atoms with Crippen LogP contribution in [0.2, 0.25) is 0 Å². The summed E-state index contributed by atoms with van der Waals surface area (Å²) >= 11 is 0. The van der Waals surface area contributed by atoms with Crippen molar-refractivity contribution < 1.29 is 9.50 Å². The van der Waals surface area contributed by atoms with Gasteiger partial charge in [-0.2, -0.15) is 0 Å². The highest BCUT2D eigenvalue weighted by Crippen LogP contribution is 2.19. The lowest BCUT2D eigenvalue weighted by Gasteiger charge is -2.16. The van der Waals surface area contributed by atoms with Gasteiger partial charge in [0.2, 0.25) is 0 Å². The maximum Gasteiger partial charge on any atom is 0.128 e. The average Bonchev–Trinajstić information content (AvgIpc) is 2.08. The Bertz CT molecular complexity index is 304. The Morgan fingerprint density at radius 2 is 2.00 bits per heavy atom. The number of halogens is 2. The molecule has 4 heteroatoms. The van der Waals surface area contributed by atoms with Gasteiger partial charge in [-0.15, -0.1) is 12.4 Å². The molecule has 1 rings (SSSR count). The van der Waals surface area contributed by atoms with Gasteiger partial charge in [0.15, 0.2) is 0 Å². The summed E-state index contributed by atoms with van der Waals surface area (Å²) < 4.78 is 13.2. The zero-order valence-corrected chi connectivity index (χ0v) is 9.01. The first-order valence-electron chi connectivity index (χ1n) is 4.22. The molecule has 0 amide bonds. The standard InChI is InChI=1S/C10H14FNO.ClH/c1-6-3-4-9(11)8(5-6)10(12)7(2)13;/h3-5,7,10,13H,12H2,1-2H3;1H/t7-,10-;/m1./s1. The summed E-state index contributed by atoms with van der Waals surface area (Å²) in [5.74, 6) is -0.362. The smallest absolute Gasteiger partial charge is 0.128 e. The summed E-state index contributed by atoms with van der Waals surface area (Å²) in [6, 6.07) is 4.05. The van der Waals surface area contributed by atoms with Crippen LogP contribution in [-0.2, 0) is 0 Å². The Kier molecular flexibility index (Phi) is 5.05. The molecule has 0 saturated heterocycles. The van der Waals surface area contributed by atoms with E-state index in [2.05, 4.69) is 0 Å².